The zero-order valence-electron chi connectivity index (χ0n) is 10.8. The zero-order valence-corrected chi connectivity index (χ0v) is 10.8. The van der Waals surface area contributed by atoms with Crippen molar-refractivity contribution in [2.45, 2.75) is 13.3 Å². The minimum Gasteiger partial charge on any atom is -0.478 e. The van der Waals surface area contributed by atoms with E-state index in [2.05, 4.69) is 15.5 Å². The van der Waals surface area contributed by atoms with E-state index >= 15 is 0 Å². The highest BCUT2D eigenvalue weighted by Crippen LogP contribution is 2.05. The van der Waals surface area contributed by atoms with Crippen LogP contribution in [0, 0.1) is 6.92 Å². The lowest BCUT2D eigenvalue weighted by atomic mass is 10.1. The highest BCUT2D eigenvalue weighted by molar-refractivity contribution is 5.97. The number of rotatable bonds is 5. The average Bonchev–Trinajstić information content (AvgIpc) is 2.84. The smallest absolute Gasteiger partial charge is 0.335 e. The van der Waals surface area contributed by atoms with Crippen molar-refractivity contribution in [2.24, 2.45) is 0 Å². The van der Waals surface area contributed by atoms with Crippen LogP contribution in [0.4, 0.5) is 0 Å². The molecule has 0 aliphatic heterocycles. The SMILES string of the molecule is Cc1noc(CCNC(=O)c2cccc(C(=O)O)c2)n1. The second kappa shape index (κ2) is 5.96. The van der Waals surface area contributed by atoms with Crippen LogP contribution in [0.1, 0.15) is 32.4 Å². The van der Waals surface area contributed by atoms with Gasteiger partial charge in [0.2, 0.25) is 5.89 Å². The van der Waals surface area contributed by atoms with E-state index in [0.29, 0.717) is 30.2 Å². The molecule has 104 valence electrons. The van der Waals surface area contributed by atoms with Crippen molar-refractivity contribution in [3.8, 4) is 0 Å². The summed E-state index contributed by atoms with van der Waals surface area (Å²) in [6.07, 6.45) is 0.422. The first-order chi connectivity index (χ1) is 9.56. The first kappa shape index (κ1) is 13.7. The third-order valence-electron chi connectivity index (χ3n) is 2.57. The van der Waals surface area contributed by atoms with E-state index in [1.807, 2.05) is 0 Å². The van der Waals surface area contributed by atoms with Crippen LogP contribution in [0.25, 0.3) is 0 Å². The van der Waals surface area contributed by atoms with E-state index < -0.39 is 5.97 Å². The van der Waals surface area contributed by atoms with Gasteiger partial charge in [-0.25, -0.2) is 4.79 Å². The highest BCUT2D eigenvalue weighted by atomic mass is 16.5. The number of carbonyl (C=O) groups excluding carboxylic acids is 1. The number of aryl methyl sites for hydroxylation is 1. The molecule has 0 aliphatic rings. The summed E-state index contributed by atoms with van der Waals surface area (Å²) in [5, 5.41) is 15.2. The first-order valence-electron chi connectivity index (χ1n) is 5.97. The number of benzene rings is 1. The summed E-state index contributed by atoms with van der Waals surface area (Å²) in [7, 11) is 0. The molecule has 0 spiro atoms. The maximum Gasteiger partial charge on any atom is 0.335 e. The van der Waals surface area contributed by atoms with E-state index in [0.717, 1.165) is 0 Å². The van der Waals surface area contributed by atoms with Crippen molar-refractivity contribution < 1.29 is 19.2 Å². The number of amides is 1. The van der Waals surface area contributed by atoms with Gasteiger partial charge in [0, 0.05) is 18.5 Å². The minimum atomic E-state index is -1.07. The molecule has 7 nitrogen and oxygen atoms in total. The number of nitrogens with zero attached hydrogens (tertiary/aromatic N) is 2. The Morgan fingerprint density at radius 2 is 2.10 bits per heavy atom. The number of nitrogens with one attached hydrogen (secondary N) is 1. The van der Waals surface area contributed by atoms with E-state index in [1.54, 1.807) is 13.0 Å². The molecule has 1 aromatic carbocycles. The lowest BCUT2D eigenvalue weighted by Crippen LogP contribution is -2.26. The predicted molar refractivity (Wildman–Crippen MR) is 68.5 cm³/mol. The standard InChI is InChI=1S/C13H13N3O4/c1-8-15-11(20-16-8)5-6-14-12(17)9-3-2-4-10(7-9)13(18)19/h2-4,7H,5-6H2,1H3,(H,14,17)(H,18,19). The van der Waals surface area contributed by atoms with Crippen LogP contribution in [0.5, 0.6) is 0 Å². The van der Waals surface area contributed by atoms with Crippen LogP contribution in [0.3, 0.4) is 0 Å². The lowest BCUT2D eigenvalue weighted by molar-refractivity contribution is 0.0697. The molecular weight excluding hydrogens is 262 g/mol. The van der Waals surface area contributed by atoms with Gasteiger partial charge in [-0.05, 0) is 25.1 Å². The monoisotopic (exact) mass is 275 g/mol. The van der Waals surface area contributed by atoms with Gasteiger partial charge in [-0.2, -0.15) is 4.98 Å². The molecule has 0 saturated heterocycles. The van der Waals surface area contributed by atoms with Crippen LogP contribution in [0.15, 0.2) is 28.8 Å². The third kappa shape index (κ3) is 3.41. The molecule has 2 N–H and O–H groups in total. The topological polar surface area (TPSA) is 105 Å². The predicted octanol–water partition coefficient (Wildman–Crippen LogP) is 1.05. The molecule has 0 saturated carbocycles. The normalized spacial score (nSPS) is 10.2. The van der Waals surface area contributed by atoms with Crippen molar-refractivity contribution in [1.29, 1.82) is 0 Å². The van der Waals surface area contributed by atoms with Crippen molar-refractivity contribution in [3.63, 3.8) is 0 Å². The van der Waals surface area contributed by atoms with Gasteiger partial charge < -0.3 is 14.9 Å². The van der Waals surface area contributed by atoms with Gasteiger partial charge in [-0.3, -0.25) is 4.79 Å². The Hall–Kier alpha value is -2.70. The third-order valence-corrected chi connectivity index (χ3v) is 2.57. The minimum absolute atomic E-state index is 0.0742. The first-order valence-corrected chi connectivity index (χ1v) is 5.97. The Bertz CT molecular complexity index is 636. The molecule has 1 heterocycles. The van der Waals surface area contributed by atoms with Crippen molar-refractivity contribution in [3.05, 3.63) is 47.1 Å². The van der Waals surface area contributed by atoms with Gasteiger partial charge in [0.05, 0.1) is 5.56 Å². The summed E-state index contributed by atoms with van der Waals surface area (Å²) in [6.45, 7) is 2.04. The Morgan fingerprint density at radius 3 is 2.75 bits per heavy atom. The number of carbonyl (C=O) groups is 2. The molecule has 0 bridgehead atoms. The van der Waals surface area contributed by atoms with E-state index in [1.165, 1.54) is 18.2 Å². The lowest BCUT2D eigenvalue weighted by Gasteiger charge is -2.04. The highest BCUT2D eigenvalue weighted by Gasteiger charge is 2.09. The number of aromatic nitrogens is 2. The summed E-state index contributed by atoms with van der Waals surface area (Å²) in [5.74, 6) is -0.423. The van der Waals surface area contributed by atoms with E-state index in [-0.39, 0.29) is 11.5 Å². The Morgan fingerprint density at radius 1 is 1.35 bits per heavy atom. The second-order valence-corrected chi connectivity index (χ2v) is 4.13. The largest absolute Gasteiger partial charge is 0.478 e. The molecule has 2 rings (SSSR count). The molecule has 0 aliphatic carbocycles. The number of hydrogen-bond donors (Lipinski definition) is 2. The summed E-state index contributed by atoms with van der Waals surface area (Å²) in [4.78, 5) is 26.7. The van der Waals surface area contributed by atoms with E-state index in [4.69, 9.17) is 9.63 Å². The van der Waals surface area contributed by atoms with Gasteiger partial charge in [0.1, 0.15) is 0 Å². The summed E-state index contributed by atoms with van der Waals surface area (Å²) in [5.41, 5.74) is 0.372. The maximum atomic E-state index is 11.8. The molecule has 1 amide bonds. The molecule has 20 heavy (non-hydrogen) atoms. The molecule has 0 radical (unpaired) electrons. The van der Waals surface area contributed by atoms with Gasteiger partial charge >= 0.3 is 5.97 Å². The van der Waals surface area contributed by atoms with Crippen molar-refractivity contribution in [2.75, 3.05) is 6.54 Å². The molecule has 7 heteroatoms. The van der Waals surface area contributed by atoms with Gasteiger partial charge in [-0.1, -0.05) is 11.2 Å². The molecule has 0 unspecified atom stereocenters. The summed E-state index contributed by atoms with van der Waals surface area (Å²) in [6, 6.07) is 5.84. The fraction of sp³-hybridized carbons (Fsp3) is 0.231. The Kier molecular flexibility index (Phi) is 4.09. The molecule has 0 fully saturated rings. The molecular formula is C13H13N3O4. The van der Waals surface area contributed by atoms with Crippen LogP contribution in [0.2, 0.25) is 0 Å². The van der Waals surface area contributed by atoms with Crippen LogP contribution in [-0.2, 0) is 6.42 Å². The van der Waals surface area contributed by atoms with Crippen molar-refractivity contribution >= 4 is 11.9 Å². The molecule has 2 aromatic rings. The Balaban J connectivity index is 1.91. The summed E-state index contributed by atoms with van der Waals surface area (Å²) >= 11 is 0. The van der Waals surface area contributed by atoms with E-state index in [9.17, 15) is 9.59 Å². The second-order valence-electron chi connectivity index (χ2n) is 4.13. The fourth-order valence-electron chi connectivity index (χ4n) is 1.62. The van der Waals surface area contributed by atoms with Crippen LogP contribution in [-0.4, -0.2) is 33.7 Å². The molecule has 0 atom stereocenters. The number of hydrogen-bond acceptors (Lipinski definition) is 5. The number of carboxylic acids is 1. The zero-order chi connectivity index (χ0) is 14.5. The fourth-order valence-corrected chi connectivity index (χ4v) is 1.62. The van der Waals surface area contributed by atoms with Crippen LogP contribution >= 0.6 is 0 Å². The van der Waals surface area contributed by atoms with Gasteiger partial charge in [-0.15, -0.1) is 0 Å². The van der Waals surface area contributed by atoms with Gasteiger partial charge in [0.25, 0.3) is 5.91 Å². The number of carboxylic acid groups (broad SMARTS) is 1. The number of aromatic carboxylic acids is 1. The van der Waals surface area contributed by atoms with Crippen molar-refractivity contribution in [1.82, 2.24) is 15.5 Å². The van der Waals surface area contributed by atoms with Gasteiger partial charge in [0.15, 0.2) is 5.82 Å². The Labute approximate surface area is 114 Å². The quantitative estimate of drug-likeness (QED) is 0.844. The average molecular weight is 275 g/mol. The maximum absolute atomic E-state index is 11.8. The molecule has 1 aromatic heterocycles. The van der Waals surface area contributed by atoms with Crippen LogP contribution < -0.4 is 5.32 Å². The summed E-state index contributed by atoms with van der Waals surface area (Å²) < 4.78 is 4.91.